The molecule has 0 aromatic heterocycles. The van der Waals surface area contributed by atoms with Crippen molar-refractivity contribution in [3.05, 3.63) is 28.8 Å². The maximum atomic E-state index is 11.7. The number of urea groups is 1. The Morgan fingerprint density at radius 3 is 2.80 bits per heavy atom. The van der Waals surface area contributed by atoms with Crippen LogP contribution in [0.3, 0.4) is 0 Å². The molecule has 2 rings (SSSR count). The minimum Gasteiger partial charge on any atom is -0.495 e. The second-order valence-corrected chi connectivity index (χ2v) is 5.51. The molecule has 20 heavy (non-hydrogen) atoms. The van der Waals surface area contributed by atoms with Crippen LogP contribution in [-0.4, -0.2) is 25.7 Å². The first-order valence-electron chi connectivity index (χ1n) is 7.06. The van der Waals surface area contributed by atoms with E-state index in [1.807, 2.05) is 18.2 Å². The lowest BCUT2D eigenvalue weighted by atomic mass is 10.1. The van der Waals surface area contributed by atoms with Crippen LogP contribution in [0, 0.1) is 0 Å². The van der Waals surface area contributed by atoms with Crippen molar-refractivity contribution in [1.82, 2.24) is 10.6 Å². The van der Waals surface area contributed by atoms with Crippen LogP contribution in [0.15, 0.2) is 18.2 Å². The van der Waals surface area contributed by atoms with E-state index in [0.29, 0.717) is 23.4 Å². The van der Waals surface area contributed by atoms with Gasteiger partial charge in [-0.2, -0.15) is 0 Å². The summed E-state index contributed by atoms with van der Waals surface area (Å²) in [4.78, 5) is 11.7. The number of halogens is 1. The summed E-state index contributed by atoms with van der Waals surface area (Å²) in [5, 5.41) is 6.48. The summed E-state index contributed by atoms with van der Waals surface area (Å²) in [5.41, 5.74) is 1.08. The second kappa shape index (κ2) is 7.39. The van der Waals surface area contributed by atoms with Crippen LogP contribution >= 0.6 is 11.6 Å². The summed E-state index contributed by atoms with van der Waals surface area (Å²) in [6.45, 7) is 0.598. The number of carbonyl (C=O) groups excluding carboxylic acids is 1. The molecule has 110 valence electrons. The minimum atomic E-state index is -0.0727. The van der Waals surface area contributed by atoms with Gasteiger partial charge in [-0.15, -0.1) is 0 Å². The van der Waals surface area contributed by atoms with Crippen LogP contribution in [0.25, 0.3) is 0 Å². The van der Waals surface area contributed by atoms with Gasteiger partial charge in [-0.3, -0.25) is 0 Å². The molecule has 0 radical (unpaired) electrons. The van der Waals surface area contributed by atoms with E-state index in [-0.39, 0.29) is 6.03 Å². The van der Waals surface area contributed by atoms with Gasteiger partial charge in [0, 0.05) is 12.6 Å². The highest BCUT2D eigenvalue weighted by molar-refractivity contribution is 6.32. The van der Waals surface area contributed by atoms with E-state index in [9.17, 15) is 4.79 Å². The van der Waals surface area contributed by atoms with Crippen LogP contribution in [-0.2, 0) is 6.42 Å². The molecule has 0 atom stereocenters. The lowest BCUT2D eigenvalue weighted by Crippen LogP contribution is -2.41. The van der Waals surface area contributed by atoms with E-state index in [0.717, 1.165) is 24.8 Å². The Kier molecular flexibility index (Phi) is 5.53. The summed E-state index contributed by atoms with van der Waals surface area (Å²) >= 11 is 6.06. The van der Waals surface area contributed by atoms with Crippen LogP contribution in [0.5, 0.6) is 5.75 Å². The van der Waals surface area contributed by atoms with Crippen molar-refractivity contribution in [2.75, 3.05) is 13.7 Å². The maximum Gasteiger partial charge on any atom is 0.315 e. The molecule has 5 heteroatoms. The van der Waals surface area contributed by atoms with E-state index in [4.69, 9.17) is 16.3 Å². The Morgan fingerprint density at radius 2 is 2.15 bits per heavy atom. The fraction of sp³-hybridized carbons (Fsp3) is 0.533. The minimum absolute atomic E-state index is 0.0727. The van der Waals surface area contributed by atoms with Crippen LogP contribution in [0.4, 0.5) is 4.79 Å². The zero-order valence-electron chi connectivity index (χ0n) is 11.7. The molecule has 1 aromatic carbocycles. The van der Waals surface area contributed by atoms with Gasteiger partial charge in [0.15, 0.2) is 0 Å². The van der Waals surface area contributed by atoms with Gasteiger partial charge in [0.1, 0.15) is 5.75 Å². The molecule has 4 nitrogen and oxygen atoms in total. The molecule has 1 aromatic rings. The zero-order chi connectivity index (χ0) is 14.4. The first-order chi connectivity index (χ1) is 9.69. The molecule has 0 aliphatic heterocycles. The number of methoxy groups -OCH3 is 1. The van der Waals surface area contributed by atoms with E-state index < -0.39 is 0 Å². The number of nitrogens with one attached hydrogen (secondary N) is 2. The smallest absolute Gasteiger partial charge is 0.315 e. The van der Waals surface area contributed by atoms with E-state index in [2.05, 4.69) is 10.6 Å². The molecular formula is C15H21ClN2O2. The molecular weight excluding hydrogens is 276 g/mol. The summed E-state index contributed by atoms with van der Waals surface area (Å²) < 4.78 is 5.11. The average Bonchev–Trinajstić information content (AvgIpc) is 2.92. The van der Waals surface area contributed by atoms with Crippen molar-refractivity contribution in [1.29, 1.82) is 0 Å². The van der Waals surface area contributed by atoms with Gasteiger partial charge in [0.05, 0.1) is 12.1 Å². The van der Waals surface area contributed by atoms with E-state index in [1.165, 1.54) is 12.8 Å². The molecule has 1 aliphatic carbocycles. The van der Waals surface area contributed by atoms with E-state index in [1.54, 1.807) is 7.11 Å². The second-order valence-electron chi connectivity index (χ2n) is 5.10. The lowest BCUT2D eigenvalue weighted by Gasteiger charge is -2.13. The van der Waals surface area contributed by atoms with Gasteiger partial charge in [0.25, 0.3) is 0 Å². The first-order valence-corrected chi connectivity index (χ1v) is 7.43. The Labute approximate surface area is 124 Å². The maximum absolute atomic E-state index is 11.7. The third-order valence-electron chi connectivity index (χ3n) is 3.61. The van der Waals surface area contributed by atoms with Crippen LogP contribution in [0.2, 0.25) is 5.02 Å². The quantitative estimate of drug-likeness (QED) is 0.877. The summed E-state index contributed by atoms with van der Waals surface area (Å²) in [7, 11) is 1.59. The van der Waals surface area contributed by atoms with Crippen molar-refractivity contribution < 1.29 is 9.53 Å². The Morgan fingerprint density at radius 1 is 1.40 bits per heavy atom. The largest absolute Gasteiger partial charge is 0.495 e. The molecule has 0 heterocycles. The number of rotatable bonds is 5. The Balaban J connectivity index is 1.72. The SMILES string of the molecule is COc1ccc(CCNC(=O)NC2CCCC2)cc1Cl. The number of ether oxygens (including phenoxy) is 1. The number of carbonyl (C=O) groups is 1. The Bertz CT molecular complexity index is 459. The average molecular weight is 297 g/mol. The molecule has 0 spiro atoms. The first kappa shape index (κ1) is 15.0. The third-order valence-corrected chi connectivity index (χ3v) is 3.90. The number of hydrogen-bond acceptors (Lipinski definition) is 2. The normalized spacial score (nSPS) is 15.1. The summed E-state index contributed by atoms with van der Waals surface area (Å²) in [6.07, 6.45) is 5.38. The monoisotopic (exact) mass is 296 g/mol. The molecule has 0 bridgehead atoms. The molecule has 2 N–H and O–H groups in total. The van der Waals surface area contributed by atoms with Gasteiger partial charge in [-0.1, -0.05) is 30.5 Å². The fourth-order valence-corrected chi connectivity index (χ4v) is 2.77. The standard InChI is InChI=1S/C15H21ClN2O2/c1-20-14-7-6-11(10-13(14)16)8-9-17-15(19)18-12-4-2-3-5-12/h6-7,10,12H,2-5,8-9H2,1H3,(H2,17,18,19). The van der Waals surface area contributed by atoms with Crippen LogP contribution in [0.1, 0.15) is 31.2 Å². The number of amides is 2. The number of benzene rings is 1. The van der Waals surface area contributed by atoms with Crippen molar-refractivity contribution in [2.45, 2.75) is 38.1 Å². The molecule has 1 fully saturated rings. The molecule has 1 aliphatic rings. The van der Waals surface area contributed by atoms with Gasteiger partial charge in [0.2, 0.25) is 0 Å². The zero-order valence-corrected chi connectivity index (χ0v) is 12.5. The predicted molar refractivity (Wildman–Crippen MR) is 80.5 cm³/mol. The predicted octanol–water partition coefficient (Wildman–Crippen LogP) is 3.13. The molecule has 0 unspecified atom stereocenters. The molecule has 0 saturated heterocycles. The van der Waals surface area contributed by atoms with Crippen molar-refractivity contribution in [3.8, 4) is 5.75 Å². The summed E-state index contributed by atoms with van der Waals surface area (Å²) in [5.74, 6) is 0.669. The molecule has 1 saturated carbocycles. The molecule has 2 amide bonds. The highest BCUT2D eigenvalue weighted by atomic mass is 35.5. The van der Waals surface area contributed by atoms with Gasteiger partial charge < -0.3 is 15.4 Å². The Hall–Kier alpha value is -1.42. The van der Waals surface area contributed by atoms with E-state index >= 15 is 0 Å². The highest BCUT2D eigenvalue weighted by Crippen LogP contribution is 2.24. The van der Waals surface area contributed by atoms with Crippen LogP contribution < -0.4 is 15.4 Å². The van der Waals surface area contributed by atoms with Gasteiger partial charge in [-0.05, 0) is 37.0 Å². The third kappa shape index (κ3) is 4.30. The van der Waals surface area contributed by atoms with Crippen molar-refractivity contribution in [3.63, 3.8) is 0 Å². The van der Waals surface area contributed by atoms with Crippen molar-refractivity contribution in [2.24, 2.45) is 0 Å². The van der Waals surface area contributed by atoms with Crippen molar-refractivity contribution >= 4 is 17.6 Å². The number of hydrogen-bond donors (Lipinski definition) is 2. The van der Waals surface area contributed by atoms with Gasteiger partial charge in [-0.25, -0.2) is 4.79 Å². The summed E-state index contributed by atoms with van der Waals surface area (Å²) in [6, 6.07) is 5.95. The lowest BCUT2D eigenvalue weighted by molar-refractivity contribution is 0.237. The van der Waals surface area contributed by atoms with Gasteiger partial charge >= 0.3 is 6.03 Å². The fourth-order valence-electron chi connectivity index (χ4n) is 2.49. The topological polar surface area (TPSA) is 50.4 Å². The highest BCUT2D eigenvalue weighted by Gasteiger charge is 2.16.